The van der Waals surface area contributed by atoms with E-state index in [1.165, 1.54) is 24.9 Å². The van der Waals surface area contributed by atoms with Gasteiger partial charge in [-0.05, 0) is 24.5 Å². The number of hydrogen-bond acceptors (Lipinski definition) is 7. The smallest absolute Gasteiger partial charge is 0.296 e. The minimum absolute atomic E-state index is 0.0753. The lowest BCUT2D eigenvalue weighted by Gasteiger charge is -2.08. The highest BCUT2D eigenvalue weighted by molar-refractivity contribution is 7.98. The molecule has 2 rings (SSSR count). The van der Waals surface area contributed by atoms with Crippen LogP contribution in [-0.2, 0) is 0 Å². The van der Waals surface area contributed by atoms with Crippen LogP contribution in [0.3, 0.4) is 0 Å². The average molecular weight is 292 g/mol. The highest BCUT2D eigenvalue weighted by Crippen LogP contribution is 2.30. The van der Waals surface area contributed by atoms with Crippen molar-refractivity contribution in [1.29, 1.82) is 0 Å². The van der Waals surface area contributed by atoms with Gasteiger partial charge in [-0.25, -0.2) is 9.97 Å². The molecule has 104 valence electrons. The van der Waals surface area contributed by atoms with Crippen molar-refractivity contribution in [3.63, 3.8) is 0 Å². The van der Waals surface area contributed by atoms with Crippen molar-refractivity contribution in [2.75, 3.05) is 18.7 Å². The van der Waals surface area contributed by atoms with Crippen molar-refractivity contribution >= 4 is 29.0 Å². The van der Waals surface area contributed by atoms with E-state index in [2.05, 4.69) is 15.3 Å². The number of aromatic nitrogens is 2. The molecule has 0 unspecified atom stereocenters. The van der Waals surface area contributed by atoms with Gasteiger partial charge in [0.25, 0.3) is 5.69 Å². The molecule has 0 aliphatic carbocycles. The summed E-state index contributed by atoms with van der Waals surface area (Å²) in [6, 6.07) is 6.23. The number of ether oxygens (including phenoxy) is 1. The molecule has 0 fully saturated rings. The van der Waals surface area contributed by atoms with E-state index in [1.807, 2.05) is 6.26 Å². The monoisotopic (exact) mass is 292 g/mol. The molecule has 20 heavy (non-hydrogen) atoms. The normalized spacial score (nSPS) is 10.1. The molecule has 0 saturated heterocycles. The molecule has 0 radical (unpaired) electrons. The number of nitro groups is 1. The predicted molar refractivity (Wildman–Crippen MR) is 76.7 cm³/mol. The number of thioether (sulfide) groups is 1. The minimum atomic E-state index is -0.471. The van der Waals surface area contributed by atoms with Crippen molar-refractivity contribution < 1.29 is 9.66 Å². The van der Waals surface area contributed by atoms with Gasteiger partial charge in [-0.15, -0.1) is 0 Å². The maximum absolute atomic E-state index is 11.1. The van der Waals surface area contributed by atoms with E-state index in [0.29, 0.717) is 22.4 Å². The van der Waals surface area contributed by atoms with Gasteiger partial charge in [-0.1, -0.05) is 11.8 Å². The number of anilines is 2. The third kappa shape index (κ3) is 3.15. The Bertz CT molecular complexity index is 636. The van der Waals surface area contributed by atoms with Crippen LogP contribution in [0.5, 0.6) is 5.75 Å². The highest BCUT2D eigenvalue weighted by Gasteiger charge is 2.15. The van der Waals surface area contributed by atoms with E-state index in [4.69, 9.17) is 4.74 Å². The largest absolute Gasteiger partial charge is 0.496 e. The molecule has 0 aliphatic heterocycles. The molecule has 0 bridgehead atoms. The van der Waals surface area contributed by atoms with Crippen LogP contribution in [-0.4, -0.2) is 28.3 Å². The van der Waals surface area contributed by atoms with Crippen LogP contribution in [0.25, 0.3) is 0 Å². The summed E-state index contributed by atoms with van der Waals surface area (Å²) < 4.78 is 4.99. The maximum atomic E-state index is 11.1. The van der Waals surface area contributed by atoms with E-state index in [9.17, 15) is 10.1 Å². The quantitative estimate of drug-likeness (QED) is 0.392. The van der Waals surface area contributed by atoms with Gasteiger partial charge < -0.3 is 10.1 Å². The first-order chi connectivity index (χ1) is 9.63. The van der Waals surface area contributed by atoms with Gasteiger partial charge in [-0.2, -0.15) is 0 Å². The van der Waals surface area contributed by atoms with Crippen LogP contribution in [0.2, 0.25) is 0 Å². The first-order valence-electron chi connectivity index (χ1n) is 5.60. The Labute approximate surface area is 119 Å². The number of rotatable bonds is 5. The third-order valence-corrected chi connectivity index (χ3v) is 3.04. The van der Waals surface area contributed by atoms with Crippen molar-refractivity contribution in [3.05, 3.63) is 40.6 Å². The van der Waals surface area contributed by atoms with E-state index in [-0.39, 0.29) is 5.69 Å². The molecular formula is C12H12N4O3S. The second-order valence-corrected chi connectivity index (χ2v) is 4.47. The molecule has 0 amide bonds. The van der Waals surface area contributed by atoms with Gasteiger partial charge in [-0.3, -0.25) is 10.1 Å². The Hall–Kier alpha value is -2.35. The molecular weight excluding hydrogens is 280 g/mol. The van der Waals surface area contributed by atoms with Crippen LogP contribution >= 0.6 is 11.8 Å². The Balaban J connectivity index is 2.34. The molecule has 0 aliphatic rings. The molecule has 7 nitrogen and oxygen atoms in total. The lowest BCUT2D eigenvalue weighted by molar-refractivity contribution is -0.384. The molecule has 1 heterocycles. The van der Waals surface area contributed by atoms with Gasteiger partial charge in [0.05, 0.1) is 18.1 Å². The van der Waals surface area contributed by atoms with E-state index < -0.39 is 4.92 Å². The number of nitrogens with one attached hydrogen (secondary N) is 1. The molecule has 1 N–H and O–H groups in total. The summed E-state index contributed by atoms with van der Waals surface area (Å²) in [6.45, 7) is 0. The summed E-state index contributed by atoms with van der Waals surface area (Å²) in [6.07, 6.45) is 3.45. The van der Waals surface area contributed by atoms with E-state index in [0.717, 1.165) is 0 Å². The Morgan fingerprint density at radius 2 is 2.20 bits per heavy atom. The number of methoxy groups -OCH3 is 1. The number of nitrogens with zero attached hydrogens (tertiary/aromatic N) is 3. The zero-order valence-corrected chi connectivity index (χ0v) is 11.7. The average Bonchev–Trinajstić information content (AvgIpc) is 2.47. The Kier molecular flexibility index (Phi) is 4.36. The highest BCUT2D eigenvalue weighted by atomic mass is 32.2. The fourth-order valence-corrected chi connectivity index (χ4v) is 1.90. The summed E-state index contributed by atoms with van der Waals surface area (Å²) in [5, 5.41) is 14.6. The van der Waals surface area contributed by atoms with Crippen LogP contribution in [0.1, 0.15) is 0 Å². The maximum Gasteiger partial charge on any atom is 0.296 e. The minimum Gasteiger partial charge on any atom is -0.496 e. The third-order valence-electron chi connectivity index (χ3n) is 2.48. The fourth-order valence-electron chi connectivity index (χ4n) is 1.54. The zero-order chi connectivity index (χ0) is 14.5. The van der Waals surface area contributed by atoms with Gasteiger partial charge in [0.2, 0.25) is 0 Å². The lowest BCUT2D eigenvalue weighted by Crippen LogP contribution is -2.00. The van der Waals surface area contributed by atoms with Gasteiger partial charge in [0.1, 0.15) is 17.3 Å². The van der Waals surface area contributed by atoms with Gasteiger partial charge in [0, 0.05) is 6.20 Å². The van der Waals surface area contributed by atoms with Crippen LogP contribution < -0.4 is 10.1 Å². The molecule has 2 aromatic rings. The molecule has 0 atom stereocenters. The molecule has 1 aromatic heterocycles. The Morgan fingerprint density at radius 3 is 2.85 bits per heavy atom. The van der Waals surface area contributed by atoms with Crippen LogP contribution in [0.4, 0.5) is 17.2 Å². The molecule has 8 heteroatoms. The molecule has 0 saturated carbocycles. The summed E-state index contributed by atoms with van der Waals surface area (Å²) in [7, 11) is 1.46. The molecule has 1 aromatic carbocycles. The second-order valence-electron chi connectivity index (χ2n) is 3.69. The van der Waals surface area contributed by atoms with Crippen molar-refractivity contribution in [1.82, 2.24) is 9.97 Å². The number of nitro benzene ring substituents is 1. The van der Waals surface area contributed by atoms with Crippen molar-refractivity contribution in [3.8, 4) is 5.75 Å². The number of benzene rings is 1. The van der Waals surface area contributed by atoms with Crippen LogP contribution in [0.15, 0.2) is 35.6 Å². The summed E-state index contributed by atoms with van der Waals surface area (Å²) in [5.41, 5.74) is 0.273. The predicted octanol–water partition coefficient (Wildman–Crippen LogP) is 2.86. The first-order valence-corrected chi connectivity index (χ1v) is 6.83. The van der Waals surface area contributed by atoms with E-state index >= 15 is 0 Å². The first kappa shape index (κ1) is 14.1. The summed E-state index contributed by atoms with van der Waals surface area (Å²) >= 11 is 1.39. The topological polar surface area (TPSA) is 90.2 Å². The van der Waals surface area contributed by atoms with Crippen molar-refractivity contribution in [2.24, 2.45) is 0 Å². The zero-order valence-electron chi connectivity index (χ0n) is 10.9. The van der Waals surface area contributed by atoms with Gasteiger partial charge >= 0.3 is 0 Å². The van der Waals surface area contributed by atoms with E-state index in [1.54, 1.807) is 24.4 Å². The lowest BCUT2D eigenvalue weighted by atomic mass is 10.2. The van der Waals surface area contributed by atoms with Gasteiger partial charge in [0.15, 0.2) is 5.16 Å². The van der Waals surface area contributed by atoms with Crippen LogP contribution in [0, 0.1) is 10.1 Å². The van der Waals surface area contributed by atoms with Crippen molar-refractivity contribution in [2.45, 2.75) is 5.16 Å². The SMILES string of the molecule is COc1ccc(Nc2ccnc(SC)n2)c([N+](=O)[O-])c1. The standard InChI is InChI=1S/C12H12N4O3S/c1-19-8-3-4-9(10(7-8)16(17)18)14-11-5-6-13-12(15-11)20-2/h3-7H,1-2H3,(H,13,14,15). The molecule has 0 spiro atoms. The fraction of sp³-hybridized carbons (Fsp3) is 0.167. The summed E-state index contributed by atoms with van der Waals surface area (Å²) in [4.78, 5) is 18.9. The number of hydrogen-bond donors (Lipinski definition) is 1. The summed E-state index contributed by atoms with van der Waals surface area (Å²) in [5.74, 6) is 0.923. The Morgan fingerprint density at radius 1 is 1.40 bits per heavy atom. The second kappa shape index (κ2) is 6.20.